The largest absolute Gasteiger partial charge is 0.379 e. The average molecular weight is 439 g/mol. The zero-order chi connectivity index (χ0) is 15.6. The second-order valence-electron chi connectivity index (χ2n) is 6.27. The molecule has 7 heteroatoms. The minimum absolute atomic E-state index is 0. The molecule has 0 aliphatic carbocycles. The minimum Gasteiger partial charge on any atom is -0.379 e. The molecule has 2 aliphatic heterocycles. The predicted molar refractivity (Wildman–Crippen MR) is 107 cm³/mol. The maximum absolute atomic E-state index is 5.98. The molecule has 2 heterocycles. The Morgan fingerprint density at radius 1 is 1.22 bits per heavy atom. The number of hydrogen-bond donors (Lipinski definition) is 2. The van der Waals surface area contributed by atoms with Crippen molar-refractivity contribution in [3.63, 3.8) is 0 Å². The van der Waals surface area contributed by atoms with Crippen molar-refractivity contribution in [3.8, 4) is 0 Å². The molecule has 0 spiro atoms. The number of aliphatic imine (C=N–C) groups is 1. The van der Waals surface area contributed by atoms with Gasteiger partial charge in [-0.05, 0) is 45.3 Å². The molecule has 0 aromatic carbocycles. The van der Waals surface area contributed by atoms with Crippen molar-refractivity contribution in [2.45, 2.75) is 38.6 Å². The summed E-state index contributed by atoms with van der Waals surface area (Å²) in [5, 5.41) is 3.24. The highest BCUT2D eigenvalue weighted by molar-refractivity contribution is 14.0. The highest BCUT2D eigenvalue weighted by Crippen LogP contribution is 2.14. The molecule has 0 bridgehead atoms. The number of nitrogens with one attached hydrogen (secondary N) is 1. The molecule has 2 fully saturated rings. The van der Waals surface area contributed by atoms with Crippen LogP contribution in [0, 0.1) is 0 Å². The first kappa shape index (κ1) is 20.9. The normalized spacial score (nSPS) is 21.9. The Kier molecular flexibility index (Phi) is 11.2. The van der Waals surface area contributed by atoms with E-state index in [9.17, 15) is 0 Å². The first-order valence-corrected chi connectivity index (χ1v) is 8.87. The lowest BCUT2D eigenvalue weighted by Gasteiger charge is -2.26. The molecule has 0 saturated carbocycles. The smallest absolute Gasteiger partial charge is 0.188 e. The summed E-state index contributed by atoms with van der Waals surface area (Å²) in [7, 11) is 0. The van der Waals surface area contributed by atoms with Crippen molar-refractivity contribution in [2.75, 3.05) is 59.0 Å². The van der Waals surface area contributed by atoms with E-state index in [1.165, 1.54) is 25.9 Å². The van der Waals surface area contributed by atoms with Crippen molar-refractivity contribution < 1.29 is 4.74 Å². The molecule has 2 rings (SSSR count). The van der Waals surface area contributed by atoms with Gasteiger partial charge in [0.2, 0.25) is 0 Å². The molecule has 0 amide bonds. The van der Waals surface area contributed by atoms with Crippen LogP contribution in [0.4, 0.5) is 0 Å². The highest BCUT2D eigenvalue weighted by Gasteiger charge is 2.19. The summed E-state index contributed by atoms with van der Waals surface area (Å²) in [6.45, 7) is 11.3. The van der Waals surface area contributed by atoms with E-state index >= 15 is 0 Å². The van der Waals surface area contributed by atoms with Crippen molar-refractivity contribution in [1.29, 1.82) is 0 Å². The average Bonchev–Trinajstić information content (AvgIpc) is 3.07. The first-order chi connectivity index (χ1) is 10.8. The number of guanidine groups is 1. The van der Waals surface area contributed by atoms with Gasteiger partial charge in [-0.25, -0.2) is 0 Å². The molecule has 6 nitrogen and oxygen atoms in total. The number of nitrogens with two attached hydrogens (primary N) is 1. The van der Waals surface area contributed by atoms with Crippen LogP contribution in [0.3, 0.4) is 0 Å². The van der Waals surface area contributed by atoms with E-state index < -0.39 is 0 Å². The number of rotatable bonds is 8. The number of nitrogens with zero attached hydrogens (tertiary/aromatic N) is 3. The van der Waals surface area contributed by atoms with Gasteiger partial charge in [-0.15, -0.1) is 24.0 Å². The van der Waals surface area contributed by atoms with E-state index in [1.54, 1.807) is 0 Å². The zero-order valence-corrected chi connectivity index (χ0v) is 16.8. The summed E-state index contributed by atoms with van der Waals surface area (Å²) >= 11 is 0. The quantitative estimate of drug-likeness (QED) is 0.257. The van der Waals surface area contributed by atoms with Gasteiger partial charge in [-0.2, -0.15) is 0 Å². The summed E-state index contributed by atoms with van der Waals surface area (Å²) in [6, 6.07) is 0.552. The van der Waals surface area contributed by atoms with Crippen LogP contribution in [0.15, 0.2) is 4.99 Å². The molecule has 3 N–H and O–H groups in total. The SMILES string of the molecule is CCC(CN=C(N)NCCCN1CCOCC1)N1CCCC1.I. The van der Waals surface area contributed by atoms with Gasteiger partial charge in [0.05, 0.1) is 19.8 Å². The standard InChI is InChI=1S/C16H33N5O.HI/c1-2-15(21-8-3-4-9-21)14-19-16(17)18-6-5-7-20-10-12-22-13-11-20;/h15H,2-14H2,1H3,(H3,17,18,19);1H. The fourth-order valence-electron chi connectivity index (χ4n) is 3.21. The fourth-order valence-corrected chi connectivity index (χ4v) is 3.21. The van der Waals surface area contributed by atoms with Crippen molar-refractivity contribution in [2.24, 2.45) is 10.7 Å². The van der Waals surface area contributed by atoms with Gasteiger partial charge >= 0.3 is 0 Å². The summed E-state index contributed by atoms with van der Waals surface area (Å²) in [5.41, 5.74) is 5.98. The number of morpholine rings is 1. The zero-order valence-electron chi connectivity index (χ0n) is 14.5. The third-order valence-corrected chi connectivity index (χ3v) is 4.66. The van der Waals surface area contributed by atoms with Crippen LogP contribution in [-0.2, 0) is 4.74 Å². The summed E-state index contributed by atoms with van der Waals surface area (Å²) in [6.07, 6.45) is 4.90. The maximum atomic E-state index is 5.98. The van der Waals surface area contributed by atoms with Crippen molar-refractivity contribution in [1.82, 2.24) is 15.1 Å². The molecule has 0 aromatic heterocycles. The highest BCUT2D eigenvalue weighted by atomic mass is 127. The lowest BCUT2D eigenvalue weighted by molar-refractivity contribution is 0.0376. The predicted octanol–water partition coefficient (Wildman–Crippen LogP) is 1.11. The van der Waals surface area contributed by atoms with Crippen LogP contribution >= 0.6 is 24.0 Å². The van der Waals surface area contributed by atoms with Crippen molar-refractivity contribution >= 4 is 29.9 Å². The number of ether oxygens (including phenoxy) is 1. The first-order valence-electron chi connectivity index (χ1n) is 8.87. The van der Waals surface area contributed by atoms with E-state index in [-0.39, 0.29) is 24.0 Å². The van der Waals surface area contributed by atoms with Gasteiger partial charge in [-0.1, -0.05) is 6.92 Å². The van der Waals surface area contributed by atoms with Crippen LogP contribution in [0.2, 0.25) is 0 Å². The molecule has 2 aliphatic rings. The number of hydrogen-bond acceptors (Lipinski definition) is 4. The van der Waals surface area contributed by atoms with E-state index in [1.807, 2.05) is 0 Å². The molecule has 136 valence electrons. The van der Waals surface area contributed by atoms with Gasteiger partial charge in [-0.3, -0.25) is 14.8 Å². The van der Waals surface area contributed by atoms with Gasteiger partial charge in [0.1, 0.15) is 0 Å². The van der Waals surface area contributed by atoms with Gasteiger partial charge in [0.25, 0.3) is 0 Å². The molecule has 1 atom stereocenters. The molecular weight excluding hydrogens is 405 g/mol. The van der Waals surface area contributed by atoms with Crippen LogP contribution in [0.5, 0.6) is 0 Å². The van der Waals surface area contributed by atoms with E-state index in [2.05, 4.69) is 27.0 Å². The molecular formula is C16H34IN5O. The van der Waals surface area contributed by atoms with Crippen LogP contribution < -0.4 is 11.1 Å². The Bertz CT molecular complexity index is 330. The van der Waals surface area contributed by atoms with Crippen LogP contribution in [0.25, 0.3) is 0 Å². The van der Waals surface area contributed by atoms with E-state index in [0.29, 0.717) is 12.0 Å². The third-order valence-electron chi connectivity index (χ3n) is 4.66. The Balaban J connectivity index is 0.00000264. The molecule has 23 heavy (non-hydrogen) atoms. The maximum Gasteiger partial charge on any atom is 0.188 e. The van der Waals surface area contributed by atoms with Crippen molar-refractivity contribution in [3.05, 3.63) is 0 Å². The Morgan fingerprint density at radius 2 is 1.91 bits per heavy atom. The molecule has 0 radical (unpaired) electrons. The minimum atomic E-state index is 0. The monoisotopic (exact) mass is 439 g/mol. The Labute approximate surface area is 158 Å². The summed E-state index contributed by atoms with van der Waals surface area (Å²) < 4.78 is 5.35. The summed E-state index contributed by atoms with van der Waals surface area (Å²) in [4.78, 5) is 9.53. The van der Waals surface area contributed by atoms with Gasteiger partial charge in [0, 0.05) is 25.7 Å². The molecule has 1 unspecified atom stereocenters. The fraction of sp³-hybridized carbons (Fsp3) is 0.938. The Morgan fingerprint density at radius 3 is 2.57 bits per heavy atom. The second-order valence-corrected chi connectivity index (χ2v) is 6.27. The topological polar surface area (TPSA) is 66.1 Å². The third kappa shape index (κ3) is 8.00. The lowest BCUT2D eigenvalue weighted by atomic mass is 10.2. The van der Waals surface area contributed by atoms with E-state index in [0.717, 1.165) is 58.8 Å². The molecule has 0 aromatic rings. The lowest BCUT2D eigenvalue weighted by Crippen LogP contribution is -2.40. The Hall–Kier alpha value is -0.120. The van der Waals surface area contributed by atoms with Gasteiger partial charge in [0.15, 0.2) is 5.96 Å². The second kappa shape index (κ2) is 12.3. The van der Waals surface area contributed by atoms with Crippen LogP contribution in [-0.4, -0.2) is 80.8 Å². The summed E-state index contributed by atoms with van der Waals surface area (Å²) in [5.74, 6) is 0.597. The van der Waals surface area contributed by atoms with Gasteiger partial charge < -0.3 is 15.8 Å². The number of halogens is 1. The van der Waals surface area contributed by atoms with E-state index in [4.69, 9.17) is 10.5 Å². The van der Waals surface area contributed by atoms with Crippen LogP contribution in [0.1, 0.15) is 32.6 Å². The number of likely N-dealkylation sites (tertiary alicyclic amines) is 1. The molecule has 2 saturated heterocycles.